The van der Waals surface area contributed by atoms with Gasteiger partial charge in [-0.3, -0.25) is 4.79 Å². The quantitative estimate of drug-likeness (QED) is 0.686. The lowest BCUT2D eigenvalue weighted by Crippen LogP contribution is -2.47. The minimum Gasteiger partial charge on any atom is -0.383 e. The van der Waals surface area contributed by atoms with Crippen LogP contribution in [0.4, 0.5) is 0 Å². The zero-order chi connectivity index (χ0) is 11.1. The summed E-state index contributed by atoms with van der Waals surface area (Å²) in [7, 11) is 1.63. The fourth-order valence-corrected chi connectivity index (χ4v) is 1.22. The first-order chi connectivity index (χ1) is 6.54. The highest BCUT2D eigenvalue weighted by Gasteiger charge is 2.20. The monoisotopic (exact) mass is 202 g/mol. The van der Waals surface area contributed by atoms with Crippen LogP contribution in [0.3, 0.4) is 0 Å². The van der Waals surface area contributed by atoms with Gasteiger partial charge < -0.3 is 15.4 Å². The van der Waals surface area contributed by atoms with E-state index in [1.54, 1.807) is 18.9 Å². The summed E-state index contributed by atoms with van der Waals surface area (Å²) >= 11 is 0. The topological polar surface area (TPSA) is 55.6 Å². The SMILES string of the molecule is CCC(C)N(CCOC)C(=O)[C@H](C)N. The number of carbonyl (C=O) groups excluding carboxylic acids is 1. The van der Waals surface area contributed by atoms with E-state index in [4.69, 9.17) is 10.5 Å². The molecule has 14 heavy (non-hydrogen) atoms. The van der Waals surface area contributed by atoms with E-state index in [9.17, 15) is 4.79 Å². The Labute approximate surface area is 86.4 Å². The van der Waals surface area contributed by atoms with Gasteiger partial charge in [-0.2, -0.15) is 0 Å². The molecule has 1 amide bonds. The number of methoxy groups -OCH3 is 1. The minimum absolute atomic E-state index is 0.00333. The Kier molecular flexibility index (Phi) is 6.49. The normalized spacial score (nSPS) is 14.9. The first kappa shape index (κ1) is 13.4. The molecule has 2 atom stereocenters. The highest BCUT2D eigenvalue weighted by atomic mass is 16.5. The lowest BCUT2D eigenvalue weighted by molar-refractivity contribution is -0.135. The van der Waals surface area contributed by atoms with Gasteiger partial charge in [0.05, 0.1) is 12.6 Å². The molecular formula is C10H22N2O2. The number of amides is 1. The van der Waals surface area contributed by atoms with E-state index < -0.39 is 6.04 Å². The van der Waals surface area contributed by atoms with Gasteiger partial charge in [0.15, 0.2) is 0 Å². The third kappa shape index (κ3) is 4.07. The first-order valence-corrected chi connectivity index (χ1v) is 5.09. The average molecular weight is 202 g/mol. The number of rotatable bonds is 6. The molecule has 84 valence electrons. The van der Waals surface area contributed by atoms with Crippen molar-refractivity contribution in [2.75, 3.05) is 20.3 Å². The van der Waals surface area contributed by atoms with Crippen LogP contribution in [-0.4, -0.2) is 43.2 Å². The lowest BCUT2D eigenvalue weighted by atomic mass is 10.2. The molecule has 4 nitrogen and oxygen atoms in total. The highest BCUT2D eigenvalue weighted by Crippen LogP contribution is 2.05. The third-order valence-corrected chi connectivity index (χ3v) is 2.33. The van der Waals surface area contributed by atoms with Gasteiger partial charge in [0.25, 0.3) is 0 Å². The van der Waals surface area contributed by atoms with Gasteiger partial charge in [-0.25, -0.2) is 0 Å². The Hall–Kier alpha value is -0.610. The van der Waals surface area contributed by atoms with E-state index in [0.29, 0.717) is 13.2 Å². The molecule has 0 spiro atoms. The van der Waals surface area contributed by atoms with Crippen LogP contribution in [0.25, 0.3) is 0 Å². The van der Waals surface area contributed by atoms with E-state index in [2.05, 4.69) is 6.92 Å². The molecule has 0 aliphatic carbocycles. The first-order valence-electron chi connectivity index (χ1n) is 5.09. The fraction of sp³-hybridized carbons (Fsp3) is 0.900. The maximum Gasteiger partial charge on any atom is 0.239 e. The summed E-state index contributed by atoms with van der Waals surface area (Å²) in [5, 5.41) is 0. The van der Waals surface area contributed by atoms with E-state index >= 15 is 0 Å². The summed E-state index contributed by atoms with van der Waals surface area (Å²) in [5.41, 5.74) is 5.57. The van der Waals surface area contributed by atoms with Crippen LogP contribution >= 0.6 is 0 Å². The van der Waals surface area contributed by atoms with Crippen molar-refractivity contribution in [1.82, 2.24) is 4.90 Å². The largest absolute Gasteiger partial charge is 0.383 e. The third-order valence-electron chi connectivity index (χ3n) is 2.33. The van der Waals surface area contributed by atoms with E-state index in [1.165, 1.54) is 0 Å². The van der Waals surface area contributed by atoms with Gasteiger partial charge in [0.1, 0.15) is 0 Å². The van der Waals surface area contributed by atoms with Gasteiger partial charge >= 0.3 is 0 Å². The lowest BCUT2D eigenvalue weighted by Gasteiger charge is -2.29. The molecule has 0 saturated carbocycles. The Morgan fingerprint density at radius 1 is 1.50 bits per heavy atom. The second-order valence-electron chi connectivity index (χ2n) is 3.57. The van der Waals surface area contributed by atoms with Gasteiger partial charge in [0.2, 0.25) is 5.91 Å². The summed E-state index contributed by atoms with van der Waals surface area (Å²) in [5.74, 6) is -0.00333. The highest BCUT2D eigenvalue weighted by molar-refractivity contribution is 5.81. The summed E-state index contributed by atoms with van der Waals surface area (Å²) in [6.45, 7) is 6.97. The van der Waals surface area contributed by atoms with Crippen LogP contribution < -0.4 is 5.73 Å². The Balaban J connectivity index is 4.30. The molecule has 4 heteroatoms. The fourth-order valence-electron chi connectivity index (χ4n) is 1.22. The molecule has 0 heterocycles. The number of hydrogen-bond donors (Lipinski definition) is 1. The molecule has 0 saturated heterocycles. The van der Waals surface area contributed by atoms with Crippen molar-refractivity contribution in [1.29, 1.82) is 0 Å². The average Bonchev–Trinajstić information content (AvgIpc) is 2.17. The van der Waals surface area contributed by atoms with Crippen molar-refractivity contribution in [2.45, 2.75) is 39.3 Å². The zero-order valence-corrected chi connectivity index (χ0v) is 9.62. The predicted molar refractivity (Wildman–Crippen MR) is 57.0 cm³/mol. The second-order valence-corrected chi connectivity index (χ2v) is 3.57. The Morgan fingerprint density at radius 3 is 2.43 bits per heavy atom. The van der Waals surface area contributed by atoms with Gasteiger partial charge in [-0.05, 0) is 20.3 Å². The molecule has 2 N–H and O–H groups in total. The van der Waals surface area contributed by atoms with Crippen LogP contribution in [0.2, 0.25) is 0 Å². The number of hydrogen-bond acceptors (Lipinski definition) is 3. The summed E-state index contributed by atoms with van der Waals surface area (Å²) in [6.07, 6.45) is 0.933. The number of ether oxygens (including phenoxy) is 1. The van der Waals surface area contributed by atoms with Crippen molar-refractivity contribution in [3.05, 3.63) is 0 Å². The van der Waals surface area contributed by atoms with Crippen molar-refractivity contribution >= 4 is 5.91 Å². The molecule has 0 aromatic heterocycles. The maximum absolute atomic E-state index is 11.7. The summed E-state index contributed by atoms with van der Waals surface area (Å²) < 4.78 is 4.96. The molecule has 0 bridgehead atoms. The molecule has 0 rings (SSSR count). The van der Waals surface area contributed by atoms with Crippen LogP contribution in [0.15, 0.2) is 0 Å². The number of nitrogens with two attached hydrogens (primary N) is 1. The van der Waals surface area contributed by atoms with Crippen LogP contribution in [0, 0.1) is 0 Å². The van der Waals surface area contributed by atoms with E-state index in [1.807, 2.05) is 6.92 Å². The molecule has 0 aromatic carbocycles. The Bertz CT molecular complexity index is 172. The van der Waals surface area contributed by atoms with Crippen molar-refractivity contribution < 1.29 is 9.53 Å². The van der Waals surface area contributed by atoms with Crippen LogP contribution in [0.1, 0.15) is 27.2 Å². The van der Waals surface area contributed by atoms with Gasteiger partial charge in [-0.15, -0.1) is 0 Å². The van der Waals surface area contributed by atoms with E-state index in [-0.39, 0.29) is 11.9 Å². The zero-order valence-electron chi connectivity index (χ0n) is 9.62. The minimum atomic E-state index is -0.430. The molecular weight excluding hydrogens is 180 g/mol. The summed E-state index contributed by atoms with van der Waals surface area (Å²) in [6, 6.07) is -0.204. The second kappa shape index (κ2) is 6.79. The predicted octanol–water partition coefficient (Wildman–Crippen LogP) is 0.607. The van der Waals surface area contributed by atoms with E-state index in [0.717, 1.165) is 6.42 Å². The molecule has 0 aliphatic rings. The Morgan fingerprint density at radius 2 is 2.07 bits per heavy atom. The number of nitrogens with zero attached hydrogens (tertiary/aromatic N) is 1. The molecule has 1 unspecified atom stereocenters. The van der Waals surface area contributed by atoms with Gasteiger partial charge in [-0.1, -0.05) is 6.92 Å². The standard InChI is InChI=1S/C10H22N2O2/c1-5-8(2)12(6-7-14-4)10(13)9(3)11/h8-9H,5-7,11H2,1-4H3/t8?,9-/m0/s1. The molecule has 0 radical (unpaired) electrons. The maximum atomic E-state index is 11.7. The molecule has 0 aromatic rings. The smallest absolute Gasteiger partial charge is 0.239 e. The van der Waals surface area contributed by atoms with Crippen LogP contribution in [-0.2, 0) is 9.53 Å². The summed E-state index contributed by atoms with van der Waals surface area (Å²) in [4.78, 5) is 13.5. The van der Waals surface area contributed by atoms with Crippen molar-refractivity contribution in [3.63, 3.8) is 0 Å². The van der Waals surface area contributed by atoms with Crippen molar-refractivity contribution in [3.8, 4) is 0 Å². The van der Waals surface area contributed by atoms with Crippen LogP contribution in [0.5, 0.6) is 0 Å². The van der Waals surface area contributed by atoms with Gasteiger partial charge in [0, 0.05) is 19.7 Å². The molecule has 0 fully saturated rings. The molecule has 0 aliphatic heterocycles. The number of carbonyl (C=O) groups is 1. The van der Waals surface area contributed by atoms with Crippen molar-refractivity contribution in [2.24, 2.45) is 5.73 Å².